The number of carbonyl (C=O) groups is 2. The fourth-order valence-corrected chi connectivity index (χ4v) is 1.36. The molecule has 0 aliphatic rings. The summed E-state index contributed by atoms with van der Waals surface area (Å²) in [6.45, 7) is 1.30. The molecule has 1 unspecified atom stereocenters. The lowest BCUT2D eigenvalue weighted by Crippen LogP contribution is -2.42. The van der Waals surface area contributed by atoms with Crippen LogP contribution in [0.2, 0.25) is 0 Å². The summed E-state index contributed by atoms with van der Waals surface area (Å²) < 4.78 is 12.7. The molecule has 4 N–H and O–H groups in total. The summed E-state index contributed by atoms with van der Waals surface area (Å²) in [6.07, 6.45) is -1.65. The fraction of sp³-hybridized carbons (Fsp3) is 0.333. The van der Waals surface area contributed by atoms with Gasteiger partial charge < -0.3 is 20.8 Å². The minimum atomic E-state index is -1.65. The Labute approximate surface area is 109 Å². The van der Waals surface area contributed by atoms with Crippen LogP contribution < -0.4 is 10.6 Å². The topological polar surface area (TPSA) is 98.7 Å². The van der Waals surface area contributed by atoms with Gasteiger partial charge in [0.15, 0.2) is 6.10 Å². The smallest absolute Gasteiger partial charge is 0.334 e. The predicted octanol–water partition coefficient (Wildman–Crippen LogP) is 0.631. The second-order valence-electron chi connectivity index (χ2n) is 3.98. The van der Waals surface area contributed by atoms with Gasteiger partial charge in [-0.2, -0.15) is 0 Å². The van der Waals surface area contributed by atoms with Crippen molar-refractivity contribution in [2.24, 2.45) is 0 Å². The van der Waals surface area contributed by atoms with Crippen LogP contribution in [-0.4, -0.2) is 34.9 Å². The Hall–Kier alpha value is -2.15. The SMILES string of the molecule is CC(NC(=O)NC[C@H](O)C(=O)O)c1ccc(F)cc1. The Bertz CT molecular complexity index is 450. The number of benzene rings is 1. The molecular weight excluding hydrogens is 255 g/mol. The zero-order valence-electron chi connectivity index (χ0n) is 10.3. The summed E-state index contributed by atoms with van der Waals surface area (Å²) in [6, 6.07) is 4.64. The second kappa shape index (κ2) is 6.69. The molecule has 0 radical (unpaired) electrons. The van der Waals surface area contributed by atoms with Gasteiger partial charge in [0, 0.05) is 0 Å². The van der Waals surface area contributed by atoms with Crippen LogP contribution in [0.15, 0.2) is 24.3 Å². The first-order valence-electron chi connectivity index (χ1n) is 5.61. The van der Waals surface area contributed by atoms with Crippen molar-refractivity contribution in [2.75, 3.05) is 6.54 Å². The summed E-state index contributed by atoms with van der Waals surface area (Å²) >= 11 is 0. The molecule has 0 aliphatic heterocycles. The Morgan fingerprint density at radius 3 is 2.42 bits per heavy atom. The number of carboxylic acid groups (broad SMARTS) is 1. The van der Waals surface area contributed by atoms with Crippen molar-refractivity contribution in [1.29, 1.82) is 0 Å². The molecule has 0 heterocycles. The number of aliphatic hydroxyl groups excluding tert-OH is 1. The first-order chi connectivity index (χ1) is 8.90. The third-order valence-electron chi connectivity index (χ3n) is 2.46. The predicted molar refractivity (Wildman–Crippen MR) is 65.0 cm³/mol. The van der Waals surface area contributed by atoms with E-state index in [0.29, 0.717) is 5.56 Å². The largest absolute Gasteiger partial charge is 0.479 e. The van der Waals surface area contributed by atoms with Crippen molar-refractivity contribution in [1.82, 2.24) is 10.6 Å². The molecule has 0 saturated carbocycles. The molecule has 6 nitrogen and oxygen atoms in total. The highest BCUT2D eigenvalue weighted by Gasteiger charge is 2.15. The van der Waals surface area contributed by atoms with E-state index >= 15 is 0 Å². The number of rotatable bonds is 5. The lowest BCUT2D eigenvalue weighted by molar-refractivity contribution is -0.146. The van der Waals surface area contributed by atoms with Gasteiger partial charge in [-0.1, -0.05) is 12.1 Å². The van der Waals surface area contributed by atoms with E-state index in [1.54, 1.807) is 6.92 Å². The molecule has 0 spiro atoms. The number of hydrogen-bond donors (Lipinski definition) is 4. The average Bonchev–Trinajstić information content (AvgIpc) is 2.36. The highest BCUT2D eigenvalue weighted by molar-refractivity contribution is 5.76. The number of amides is 2. The first-order valence-corrected chi connectivity index (χ1v) is 5.61. The molecule has 0 aliphatic carbocycles. The third-order valence-corrected chi connectivity index (χ3v) is 2.46. The van der Waals surface area contributed by atoms with Crippen LogP contribution in [0.25, 0.3) is 0 Å². The van der Waals surface area contributed by atoms with Crippen LogP contribution in [0.4, 0.5) is 9.18 Å². The van der Waals surface area contributed by atoms with Gasteiger partial charge in [-0.25, -0.2) is 14.0 Å². The van der Waals surface area contributed by atoms with E-state index in [9.17, 15) is 14.0 Å². The molecule has 7 heteroatoms. The number of carboxylic acids is 1. The molecule has 0 bridgehead atoms. The van der Waals surface area contributed by atoms with Crippen LogP contribution >= 0.6 is 0 Å². The van der Waals surface area contributed by atoms with E-state index in [-0.39, 0.29) is 11.9 Å². The van der Waals surface area contributed by atoms with Gasteiger partial charge in [0.05, 0.1) is 12.6 Å². The van der Waals surface area contributed by atoms with Crippen molar-refractivity contribution in [2.45, 2.75) is 19.1 Å². The molecule has 1 aromatic rings. The van der Waals surface area contributed by atoms with Gasteiger partial charge in [0.25, 0.3) is 0 Å². The summed E-state index contributed by atoms with van der Waals surface area (Å²) in [7, 11) is 0. The standard InChI is InChI=1S/C12H15FN2O4/c1-7(8-2-4-9(13)5-3-8)15-12(19)14-6-10(16)11(17)18/h2-5,7,10,16H,6H2,1H3,(H,17,18)(H2,14,15,19)/t7?,10-/m0/s1. The number of urea groups is 1. The van der Waals surface area contributed by atoms with Crippen LogP contribution in [-0.2, 0) is 4.79 Å². The molecule has 0 fully saturated rings. The van der Waals surface area contributed by atoms with E-state index in [1.807, 2.05) is 0 Å². The summed E-state index contributed by atoms with van der Waals surface area (Å²) in [5, 5.41) is 22.2. The van der Waals surface area contributed by atoms with Crippen LogP contribution in [0.5, 0.6) is 0 Å². The van der Waals surface area contributed by atoms with Crippen LogP contribution in [0.1, 0.15) is 18.5 Å². The minimum Gasteiger partial charge on any atom is -0.479 e. The summed E-state index contributed by atoms with van der Waals surface area (Å²) in [4.78, 5) is 21.8. The van der Waals surface area contributed by atoms with Crippen molar-refractivity contribution in [3.63, 3.8) is 0 Å². The molecule has 0 saturated heterocycles. The van der Waals surface area contributed by atoms with Crippen molar-refractivity contribution >= 4 is 12.0 Å². The molecule has 2 amide bonds. The monoisotopic (exact) mass is 270 g/mol. The van der Waals surface area contributed by atoms with Crippen molar-refractivity contribution < 1.29 is 24.2 Å². The van der Waals surface area contributed by atoms with Gasteiger partial charge in [-0.05, 0) is 24.6 Å². The molecule has 2 atom stereocenters. The normalized spacial score (nSPS) is 13.4. The number of carbonyl (C=O) groups excluding carboxylic acids is 1. The minimum absolute atomic E-state index is 0.370. The van der Waals surface area contributed by atoms with Crippen molar-refractivity contribution in [3.8, 4) is 0 Å². The Kier molecular flexibility index (Phi) is 5.25. The Balaban J connectivity index is 2.44. The molecule has 1 aromatic carbocycles. The van der Waals surface area contributed by atoms with Gasteiger partial charge in [0.2, 0.25) is 0 Å². The number of hydrogen-bond acceptors (Lipinski definition) is 3. The maximum atomic E-state index is 12.7. The molecule has 19 heavy (non-hydrogen) atoms. The third kappa shape index (κ3) is 4.92. The number of aliphatic carboxylic acids is 1. The van der Waals surface area contributed by atoms with Crippen molar-refractivity contribution in [3.05, 3.63) is 35.6 Å². The maximum absolute atomic E-state index is 12.7. The number of nitrogens with one attached hydrogen (secondary N) is 2. The lowest BCUT2D eigenvalue weighted by Gasteiger charge is -2.15. The average molecular weight is 270 g/mol. The highest BCUT2D eigenvalue weighted by Crippen LogP contribution is 2.12. The Morgan fingerprint density at radius 1 is 1.32 bits per heavy atom. The highest BCUT2D eigenvalue weighted by atomic mass is 19.1. The Morgan fingerprint density at radius 2 is 1.89 bits per heavy atom. The summed E-state index contributed by atoms with van der Waals surface area (Å²) in [5.74, 6) is -1.78. The molecular formula is C12H15FN2O4. The number of halogens is 1. The molecule has 104 valence electrons. The number of aliphatic hydroxyl groups is 1. The zero-order chi connectivity index (χ0) is 14.4. The van der Waals surface area contributed by atoms with Crippen LogP contribution in [0, 0.1) is 5.82 Å². The van der Waals surface area contributed by atoms with Gasteiger partial charge in [0.1, 0.15) is 5.82 Å². The van der Waals surface area contributed by atoms with E-state index in [2.05, 4.69) is 10.6 Å². The van der Waals surface area contributed by atoms with Gasteiger partial charge in [-0.15, -0.1) is 0 Å². The van der Waals surface area contributed by atoms with E-state index in [4.69, 9.17) is 10.2 Å². The van der Waals surface area contributed by atoms with Gasteiger partial charge in [-0.3, -0.25) is 0 Å². The molecule has 0 aromatic heterocycles. The maximum Gasteiger partial charge on any atom is 0.334 e. The zero-order valence-corrected chi connectivity index (χ0v) is 10.3. The van der Waals surface area contributed by atoms with E-state index in [0.717, 1.165) is 0 Å². The van der Waals surface area contributed by atoms with E-state index < -0.39 is 24.6 Å². The van der Waals surface area contributed by atoms with Crippen LogP contribution in [0.3, 0.4) is 0 Å². The lowest BCUT2D eigenvalue weighted by atomic mass is 10.1. The summed E-state index contributed by atoms with van der Waals surface area (Å²) in [5.41, 5.74) is 0.704. The quantitative estimate of drug-likeness (QED) is 0.630. The first kappa shape index (κ1) is 14.9. The fourth-order valence-electron chi connectivity index (χ4n) is 1.36. The van der Waals surface area contributed by atoms with E-state index in [1.165, 1.54) is 24.3 Å². The van der Waals surface area contributed by atoms with Gasteiger partial charge >= 0.3 is 12.0 Å². The second-order valence-corrected chi connectivity index (χ2v) is 3.98. The molecule has 1 rings (SSSR count).